The van der Waals surface area contributed by atoms with Crippen LogP contribution in [0.15, 0.2) is 0 Å². The molecule has 0 aliphatic carbocycles. The number of ether oxygens (including phenoxy) is 1. The summed E-state index contributed by atoms with van der Waals surface area (Å²) < 4.78 is 69.3. The van der Waals surface area contributed by atoms with E-state index in [1.54, 1.807) is 0 Å². The van der Waals surface area contributed by atoms with Crippen molar-refractivity contribution < 1.29 is 31.8 Å². The maximum absolute atomic E-state index is 13.1. The third-order valence-electron chi connectivity index (χ3n) is 2.23. The minimum Gasteiger partial charge on any atom is -0.393 e. The van der Waals surface area contributed by atoms with Gasteiger partial charge in [0.25, 0.3) is 0 Å². The zero-order valence-electron chi connectivity index (χ0n) is 9.44. The van der Waals surface area contributed by atoms with Gasteiger partial charge in [0, 0.05) is 6.61 Å². The predicted molar refractivity (Wildman–Crippen MR) is 52.2 cm³/mol. The molecular formula is C11H11F5O2. The van der Waals surface area contributed by atoms with Crippen molar-refractivity contribution in [1.82, 2.24) is 0 Å². The zero-order chi connectivity index (χ0) is 13.9. The third-order valence-corrected chi connectivity index (χ3v) is 2.23. The molecule has 0 fully saturated rings. The van der Waals surface area contributed by atoms with Crippen molar-refractivity contribution in [1.29, 1.82) is 0 Å². The molecule has 0 aliphatic rings. The van der Waals surface area contributed by atoms with E-state index in [-0.39, 0.29) is 13.0 Å². The van der Waals surface area contributed by atoms with Gasteiger partial charge in [-0.1, -0.05) is 0 Å². The van der Waals surface area contributed by atoms with E-state index in [4.69, 9.17) is 9.84 Å². The Kier molecular flexibility index (Phi) is 5.03. The van der Waals surface area contributed by atoms with Crippen LogP contribution in [0.25, 0.3) is 0 Å². The van der Waals surface area contributed by atoms with Crippen molar-refractivity contribution in [2.24, 2.45) is 0 Å². The highest BCUT2D eigenvalue weighted by atomic mass is 19.2. The molecule has 102 valence electrons. The van der Waals surface area contributed by atoms with Crippen LogP contribution in [0.3, 0.4) is 0 Å². The van der Waals surface area contributed by atoms with E-state index >= 15 is 0 Å². The molecule has 0 bridgehead atoms. The van der Waals surface area contributed by atoms with Crippen molar-refractivity contribution in [2.45, 2.75) is 26.1 Å². The van der Waals surface area contributed by atoms with Crippen molar-refractivity contribution in [3.63, 3.8) is 0 Å². The smallest absolute Gasteiger partial charge is 0.200 e. The summed E-state index contributed by atoms with van der Waals surface area (Å²) in [4.78, 5) is 0. The molecule has 1 atom stereocenters. The number of rotatable bonds is 5. The molecule has 1 aromatic carbocycles. The van der Waals surface area contributed by atoms with Gasteiger partial charge in [0.2, 0.25) is 5.82 Å². The average molecular weight is 270 g/mol. The molecule has 0 saturated heterocycles. The van der Waals surface area contributed by atoms with Gasteiger partial charge < -0.3 is 9.84 Å². The van der Waals surface area contributed by atoms with E-state index in [1.165, 1.54) is 6.92 Å². The molecule has 18 heavy (non-hydrogen) atoms. The standard InChI is InChI=1S/C11H11F5O2/c1-5(17)2-3-18-4-6-7(12)9(14)11(16)10(15)8(6)13/h5,17H,2-4H2,1H3. The van der Waals surface area contributed by atoms with Gasteiger partial charge in [-0.15, -0.1) is 0 Å². The van der Waals surface area contributed by atoms with Crippen LogP contribution in [-0.4, -0.2) is 17.8 Å². The fourth-order valence-electron chi connectivity index (χ4n) is 1.21. The summed E-state index contributed by atoms with van der Waals surface area (Å²) in [5.41, 5.74) is -1.02. The summed E-state index contributed by atoms with van der Waals surface area (Å²) in [7, 11) is 0. The van der Waals surface area contributed by atoms with Crippen LogP contribution in [0.4, 0.5) is 22.0 Å². The fraction of sp³-hybridized carbons (Fsp3) is 0.455. The molecule has 0 saturated carbocycles. The third kappa shape index (κ3) is 3.17. The van der Waals surface area contributed by atoms with E-state index < -0.39 is 47.4 Å². The first-order valence-corrected chi connectivity index (χ1v) is 5.12. The average Bonchev–Trinajstić information content (AvgIpc) is 2.32. The molecule has 7 heteroatoms. The highest BCUT2D eigenvalue weighted by Gasteiger charge is 2.25. The van der Waals surface area contributed by atoms with Crippen LogP contribution in [0.5, 0.6) is 0 Å². The number of hydrogen-bond acceptors (Lipinski definition) is 2. The monoisotopic (exact) mass is 270 g/mol. The minimum atomic E-state index is -2.20. The summed E-state index contributed by atoms with van der Waals surface area (Å²) in [6.07, 6.45) is -0.489. The summed E-state index contributed by atoms with van der Waals surface area (Å²) >= 11 is 0. The zero-order valence-corrected chi connectivity index (χ0v) is 9.44. The molecule has 0 spiro atoms. The molecule has 0 amide bonds. The van der Waals surface area contributed by atoms with Crippen molar-refractivity contribution in [3.8, 4) is 0 Å². The molecular weight excluding hydrogens is 259 g/mol. The topological polar surface area (TPSA) is 29.5 Å². The molecule has 0 aliphatic heterocycles. The lowest BCUT2D eigenvalue weighted by atomic mass is 10.2. The molecule has 1 aromatic rings. The van der Waals surface area contributed by atoms with Gasteiger partial charge in [0.15, 0.2) is 23.3 Å². The van der Waals surface area contributed by atoms with E-state index in [0.717, 1.165) is 0 Å². The van der Waals surface area contributed by atoms with Gasteiger partial charge in [-0.3, -0.25) is 0 Å². The maximum Gasteiger partial charge on any atom is 0.200 e. The quantitative estimate of drug-likeness (QED) is 0.386. The maximum atomic E-state index is 13.1. The number of aliphatic hydroxyl groups is 1. The van der Waals surface area contributed by atoms with Gasteiger partial charge in [-0.2, -0.15) is 0 Å². The van der Waals surface area contributed by atoms with Crippen LogP contribution >= 0.6 is 0 Å². The first-order chi connectivity index (χ1) is 8.36. The summed E-state index contributed by atoms with van der Waals surface area (Å²) in [6, 6.07) is 0. The Balaban J connectivity index is 2.83. The number of hydrogen-bond donors (Lipinski definition) is 1. The van der Waals surface area contributed by atoms with E-state index in [1.807, 2.05) is 0 Å². The Bertz CT molecular complexity index is 405. The van der Waals surface area contributed by atoms with E-state index in [9.17, 15) is 22.0 Å². The lowest BCUT2D eigenvalue weighted by molar-refractivity contribution is 0.0763. The van der Waals surface area contributed by atoms with Gasteiger partial charge in [0.05, 0.1) is 18.3 Å². The van der Waals surface area contributed by atoms with Gasteiger partial charge in [-0.05, 0) is 13.3 Å². The number of aliphatic hydroxyl groups excluding tert-OH is 1. The molecule has 0 heterocycles. The van der Waals surface area contributed by atoms with Gasteiger partial charge in [0.1, 0.15) is 0 Å². The highest BCUT2D eigenvalue weighted by Crippen LogP contribution is 2.23. The van der Waals surface area contributed by atoms with Crippen LogP contribution in [-0.2, 0) is 11.3 Å². The number of benzene rings is 1. The van der Waals surface area contributed by atoms with Crippen LogP contribution < -0.4 is 0 Å². The second-order valence-electron chi connectivity index (χ2n) is 3.74. The first-order valence-electron chi connectivity index (χ1n) is 5.12. The van der Waals surface area contributed by atoms with Gasteiger partial charge >= 0.3 is 0 Å². The lowest BCUT2D eigenvalue weighted by Crippen LogP contribution is -2.10. The Morgan fingerprint density at radius 2 is 1.39 bits per heavy atom. The first kappa shape index (κ1) is 14.8. The molecule has 0 radical (unpaired) electrons. The summed E-state index contributed by atoms with van der Waals surface area (Å²) in [5, 5.41) is 8.89. The fourth-order valence-corrected chi connectivity index (χ4v) is 1.21. The summed E-state index contributed by atoms with van der Waals surface area (Å²) in [5.74, 6) is -9.99. The Morgan fingerprint density at radius 1 is 0.944 bits per heavy atom. The second kappa shape index (κ2) is 6.10. The second-order valence-corrected chi connectivity index (χ2v) is 3.74. The largest absolute Gasteiger partial charge is 0.393 e. The highest BCUT2D eigenvalue weighted by molar-refractivity contribution is 5.23. The Hall–Kier alpha value is -1.21. The Labute approximate surface area is 100.0 Å². The van der Waals surface area contributed by atoms with Crippen LogP contribution in [0.1, 0.15) is 18.9 Å². The molecule has 1 rings (SSSR count). The lowest BCUT2D eigenvalue weighted by Gasteiger charge is -2.09. The normalized spacial score (nSPS) is 12.8. The summed E-state index contributed by atoms with van der Waals surface area (Å²) in [6.45, 7) is 0.664. The number of halogens is 5. The predicted octanol–water partition coefficient (Wildman–Crippen LogP) is 2.67. The molecule has 1 unspecified atom stereocenters. The van der Waals surface area contributed by atoms with Crippen LogP contribution in [0, 0.1) is 29.1 Å². The molecule has 1 N–H and O–H groups in total. The van der Waals surface area contributed by atoms with Crippen molar-refractivity contribution in [3.05, 3.63) is 34.6 Å². The van der Waals surface area contributed by atoms with Crippen LogP contribution in [0.2, 0.25) is 0 Å². The SMILES string of the molecule is CC(O)CCOCc1c(F)c(F)c(F)c(F)c1F. The minimum absolute atomic E-state index is 0.0584. The van der Waals surface area contributed by atoms with Gasteiger partial charge in [-0.25, -0.2) is 22.0 Å². The molecule has 0 aromatic heterocycles. The Morgan fingerprint density at radius 3 is 1.83 bits per heavy atom. The van der Waals surface area contributed by atoms with E-state index in [0.29, 0.717) is 0 Å². The van der Waals surface area contributed by atoms with Crippen molar-refractivity contribution >= 4 is 0 Å². The van der Waals surface area contributed by atoms with Crippen molar-refractivity contribution in [2.75, 3.05) is 6.61 Å². The van der Waals surface area contributed by atoms with E-state index in [2.05, 4.69) is 0 Å². The molecule has 2 nitrogen and oxygen atoms in total.